The number of aliphatic hydroxyl groups excluding tert-OH is 1. The Labute approximate surface area is 148 Å². The molecule has 0 aliphatic heterocycles. The number of fused-ring (bicyclic) bond motifs is 1. The van der Waals surface area contributed by atoms with Gasteiger partial charge in [-0.2, -0.15) is 0 Å². The minimum Gasteiger partial charge on any atom is -0.477 e. The van der Waals surface area contributed by atoms with E-state index in [2.05, 4.69) is 0 Å². The molecule has 0 unspecified atom stereocenters. The van der Waals surface area contributed by atoms with Gasteiger partial charge >= 0.3 is 5.97 Å². The van der Waals surface area contributed by atoms with Gasteiger partial charge in [-0.3, -0.25) is 4.79 Å². The van der Waals surface area contributed by atoms with Gasteiger partial charge in [0.1, 0.15) is 5.56 Å². The molecule has 0 spiro atoms. The van der Waals surface area contributed by atoms with Crippen LogP contribution in [0.3, 0.4) is 0 Å². The molecular formula is C19H16ClNO4. The maximum absolute atomic E-state index is 12.5. The maximum Gasteiger partial charge on any atom is 0.341 e. The van der Waals surface area contributed by atoms with Crippen LogP contribution in [0.1, 0.15) is 21.5 Å². The highest BCUT2D eigenvalue weighted by molar-refractivity contribution is 6.30. The van der Waals surface area contributed by atoms with Crippen LogP contribution in [0.5, 0.6) is 0 Å². The predicted octanol–water partition coefficient (Wildman–Crippen LogP) is 2.94. The van der Waals surface area contributed by atoms with Crippen LogP contribution in [0.15, 0.2) is 53.5 Å². The Kier molecular flexibility index (Phi) is 4.88. The first-order valence-electron chi connectivity index (χ1n) is 7.74. The van der Waals surface area contributed by atoms with Gasteiger partial charge in [-0.15, -0.1) is 0 Å². The quantitative estimate of drug-likeness (QED) is 0.735. The number of carboxylic acids is 1. The van der Waals surface area contributed by atoms with Crippen molar-refractivity contribution in [1.82, 2.24) is 4.57 Å². The molecule has 3 aromatic rings. The number of aliphatic hydroxyl groups is 1. The number of aromatic nitrogens is 1. The van der Waals surface area contributed by atoms with Gasteiger partial charge in [0, 0.05) is 23.2 Å². The minimum absolute atomic E-state index is 0.151. The van der Waals surface area contributed by atoms with E-state index in [1.54, 1.807) is 22.8 Å². The molecule has 0 aliphatic rings. The van der Waals surface area contributed by atoms with E-state index in [-0.39, 0.29) is 18.7 Å². The molecule has 1 heterocycles. The normalized spacial score (nSPS) is 11.0. The fourth-order valence-corrected chi connectivity index (χ4v) is 3.10. The van der Waals surface area contributed by atoms with E-state index in [4.69, 9.17) is 11.6 Å². The fourth-order valence-electron chi connectivity index (χ4n) is 2.88. The fraction of sp³-hybridized carbons (Fsp3) is 0.158. The molecule has 2 aromatic carbocycles. The lowest BCUT2D eigenvalue weighted by molar-refractivity contribution is 0.0694. The molecule has 0 saturated heterocycles. The molecule has 0 bridgehead atoms. The van der Waals surface area contributed by atoms with Crippen LogP contribution < -0.4 is 5.43 Å². The van der Waals surface area contributed by atoms with E-state index in [0.717, 1.165) is 11.1 Å². The predicted molar refractivity (Wildman–Crippen MR) is 96.5 cm³/mol. The highest BCUT2D eigenvalue weighted by Crippen LogP contribution is 2.19. The summed E-state index contributed by atoms with van der Waals surface area (Å²) in [5.74, 6) is -1.28. The van der Waals surface area contributed by atoms with E-state index >= 15 is 0 Å². The summed E-state index contributed by atoms with van der Waals surface area (Å²) in [4.78, 5) is 23.9. The lowest BCUT2D eigenvalue weighted by atomic mass is 10.0. The Morgan fingerprint density at radius 2 is 1.88 bits per heavy atom. The van der Waals surface area contributed by atoms with Gasteiger partial charge in [0.05, 0.1) is 12.1 Å². The molecule has 5 nitrogen and oxygen atoms in total. The third kappa shape index (κ3) is 3.57. The summed E-state index contributed by atoms with van der Waals surface area (Å²) in [5.41, 5.74) is 1.64. The molecule has 0 atom stereocenters. The summed E-state index contributed by atoms with van der Waals surface area (Å²) < 4.78 is 1.59. The van der Waals surface area contributed by atoms with Gasteiger partial charge < -0.3 is 14.8 Å². The smallest absolute Gasteiger partial charge is 0.341 e. The van der Waals surface area contributed by atoms with Crippen LogP contribution in [-0.4, -0.2) is 27.4 Å². The molecule has 0 saturated carbocycles. The van der Waals surface area contributed by atoms with Crippen molar-refractivity contribution in [2.75, 3.05) is 6.61 Å². The monoisotopic (exact) mass is 357 g/mol. The molecule has 25 heavy (non-hydrogen) atoms. The van der Waals surface area contributed by atoms with E-state index in [9.17, 15) is 19.8 Å². The number of halogens is 1. The summed E-state index contributed by atoms with van der Waals surface area (Å²) in [7, 11) is 0. The molecule has 1 aromatic heterocycles. The molecule has 3 rings (SSSR count). The molecule has 2 N–H and O–H groups in total. The molecule has 6 heteroatoms. The lowest BCUT2D eigenvalue weighted by Crippen LogP contribution is -2.19. The number of benzene rings is 2. The Morgan fingerprint density at radius 3 is 2.56 bits per heavy atom. The summed E-state index contributed by atoms with van der Waals surface area (Å²) in [6, 6.07) is 12.8. The average Bonchev–Trinajstić information content (AvgIpc) is 2.57. The number of carboxylic acid groups (broad SMARTS) is 1. The summed E-state index contributed by atoms with van der Waals surface area (Å²) in [6.07, 6.45) is 1.85. The zero-order valence-corrected chi connectivity index (χ0v) is 14.0. The Hall–Kier alpha value is -2.63. The topological polar surface area (TPSA) is 79.5 Å². The second-order valence-electron chi connectivity index (χ2n) is 5.75. The molecule has 0 amide bonds. The van der Waals surface area contributed by atoms with Crippen molar-refractivity contribution in [3.63, 3.8) is 0 Å². The second kappa shape index (κ2) is 7.09. The zero-order valence-electron chi connectivity index (χ0n) is 13.3. The first kappa shape index (κ1) is 17.2. The zero-order chi connectivity index (χ0) is 18.0. The minimum atomic E-state index is -1.28. The summed E-state index contributed by atoms with van der Waals surface area (Å²) >= 11 is 6.00. The Morgan fingerprint density at radius 1 is 1.12 bits per heavy atom. The van der Waals surface area contributed by atoms with Crippen LogP contribution in [0.2, 0.25) is 5.02 Å². The largest absolute Gasteiger partial charge is 0.477 e. The number of pyridine rings is 1. The Bertz CT molecular complexity index is 1010. The van der Waals surface area contributed by atoms with Gasteiger partial charge in [0.25, 0.3) is 0 Å². The highest BCUT2D eigenvalue weighted by Gasteiger charge is 2.15. The summed E-state index contributed by atoms with van der Waals surface area (Å²) in [5, 5.41) is 19.4. The first-order valence-corrected chi connectivity index (χ1v) is 8.12. The SMILES string of the molecule is O=C(O)c1cn(CCO)c2ccc(Cc3cccc(Cl)c3)cc2c1=O. The molecule has 0 radical (unpaired) electrons. The van der Waals surface area contributed by atoms with Crippen molar-refractivity contribution < 1.29 is 15.0 Å². The Balaban J connectivity index is 2.13. The number of rotatable bonds is 5. The maximum atomic E-state index is 12.5. The van der Waals surface area contributed by atoms with Crippen molar-refractivity contribution >= 4 is 28.5 Å². The molecular weight excluding hydrogens is 342 g/mol. The van der Waals surface area contributed by atoms with Crippen LogP contribution in [0.4, 0.5) is 0 Å². The van der Waals surface area contributed by atoms with E-state index < -0.39 is 11.4 Å². The third-order valence-corrected chi connectivity index (χ3v) is 4.25. The van der Waals surface area contributed by atoms with E-state index in [1.165, 1.54) is 6.20 Å². The van der Waals surface area contributed by atoms with Crippen molar-refractivity contribution in [2.24, 2.45) is 0 Å². The first-order chi connectivity index (χ1) is 12.0. The van der Waals surface area contributed by atoms with E-state index in [0.29, 0.717) is 22.3 Å². The van der Waals surface area contributed by atoms with Crippen LogP contribution >= 0.6 is 11.6 Å². The van der Waals surface area contributed by atoms with Gasteiger partial charge in [-0.05, 0) is 41.8 Å². The molecule has 128 valence electrons. The van der Waals surface area contributed by atoms with Gasteiger partial charge in [0.15, 0.2) is 0 Å². The van der Waals surface area contributed by atoms with Crippen LogP contribution in [0, 0.1) is 0 Å². The number of nitrogens with zero attached hydrogens (tertiary/aromatic N) is 1. The third-order valence-electron chi connectivity index (χ3n) is 4.01. The standard InChI is InChI=1S/C19H16ClNO4/c20-14-3-1-2-12(9-14)8-13-4-5-17-15(10-13)18(23)16(19(24)25)11-21(17)6-7-22/h1-5,9-11,22H,6-8H2,(H,24,25). The number of aromatic carboxylic acids is 1. The lowest BCUT2D eigenvalue weighted by Gasteiger charge is -2.12. The number of carbonyl (C=O) groups is 1. The van der Waals surface area contributed by atoms with Crippen LogP contribution in [0.25, 0.3) is 10.9 Å². The number of hydrogen-bond donors (Lipinski definition) is 2. The van der Waals surface area contributed by atoms with Crippen LogP contribution in [-0.2, 0) is 13.0 Å². The van der Waals surface area contributed by atoms with Gasteiger partial charge in [-0.25, -0.2) is 4.79 Å². The van der Waals surface area contributed by atoms with Crippen molar-refractivity contribution in [1.29, 1.82) is 0 Å². The molecule has 0 fully saturated rings. The second-order valence-corrected chi connectivity index (χ2v) is 6.19. The summed E-state index contributed by atoms with van der Waals surface area (Å²) in [6.45, 7) is 0.0615. The highest BCUT2D eigenvalue weighted by atomic mass is 35.5. The van der Waals surface area contributed by atoms with Gasteiger partial charge in [-0.1, -0.05) is 29.8 Å². The molecule has 0 aliphatic carbocycles. The van der Waals surface area contributed by atoms with Gasteiger partial charge in [0.2, 0.25) is 5.43 Å². The van der Waals surface area contributed by atoms with Crippen molar-refractivity contribution in [3.8, 4) is 0 Å². The number of hydrogen-bond acceptors (Lipinski definition) is 3. The van der Waals surface area contributed by atoms with E-state index in [1.807, 2.05) is 24.3 Å². The average molecular weight is 358 g/mol. The van der Waals surface area contributed by atoms with Crippen molar-refractivity contribution in [2.45, 2.75) is 13.0 Å². The van der Waals surface area contributed by atoms with Crippen molar-refractivity contribution in [3.05, 3.63) is 80.6 Å².